The standard InChI is InChI=1S/C21H23F2NO4/c1-25-17-5-4-12-8-16-14-10-19(28-21(22)23)18(26-2)9-13(14)6-7-24(16)11-15(12)20(17)27-3/h4-5,9-10,16,21H,6-8,11H2,1-3H3/t16-/m0/s1. The minimum absolute atomic E-state index is 0.0798. The van der Waals surface area contributed by atoms with Crippen molar-refractivity contribution in [1.29, 1.82) is 0 Å². The Morgan fingerprint density at radius 3 is 2.43 bits per heavy atom. The van der Waals surface area contributed by atoms with E-state index in [0.717, 1.165) is 54.1 Å². The maximum Gasteiger partial charge on any atom is 0.387 e. The first-order valence-corrected chi connectivity index (χ1v) is 9.18. The van der Waals surface area contributed by atoms with Gasteiger partial charge in [0.1, 0.15) is 0 Å². The predicted octanol–water partition coefficient (Wildman–Crippen LogP) is 3.97. The van der Waals surface area contributed by atoms with Crippen molar-refractivity contribution in [1.82, 2.24) is 4.90 Å². The molecule has 2 heterocycles. The van der Waals surface area contributed by atoms with Gasteiger partial charge in [-0.25, -0.2) is 0 Å². The number of rotatable bonds is 5. The maximum absolute atomic E-state index is 12.8. The van der Waals surface area contributed by atoms with Crippen LogP contribution in [0.3, 0.4) is 0 Å². The Balaban J connectivity index is 1.74. The van der Waals surface area contributed by atoms with E-state index in [9.17, 15) is 8.78 Å². The molecule has 0 fully saturated rings. The van der Waals surface area contributed by atoms with Crippen molar-refractivity contribution in [3.05, 3.63) is 46.5 Å². The van der Waals surface area contributed by atoms with Crippen molar-refractivity contribution >= 4 is 0 Å². The normalized spacial score (nSPS) is 18.1. The molecule has 0 radical (unpaired) electrons. The van der Waals surface area contributed by atoms with Crippen molar-refractivity contribution in [3.63, 3.8) is 0 Å². The van der Waals surface area contributed by atoms with Crippen molar-refractivity contribution < 1.29 is 27.7 Å². The number of methoxy groups -OCH3 is 3. The molecule has 7 heteroatoms. The number of alkyl halides is 2. The minimum atomic E-state index is -2.89. The van der Waals surface area contributed by atoms with Gasteiger partial charge in [0.15, 0.2) is 23.0 Å². The van der Waals surface area contributed by atoms with Crippen molar-refractivity contribution in [2.75, 3.05) is 27.9 Å². The lowest BCUT2D eigenvalue weighted by atomic mass is 9.83. The Morgan fingerprint density at radius 1 is 0.964 bits per heavy atom. The highest BCUT2D eigenvalue weighted by Gasteiger charge is 2.35. The van der Waals surface area contributed by atoms with Crippen LogP contribution in [0.4, 0.5) is 8.78 Å². The van der Waals surface area contributed by atoms with Crippen LogP contribution >= 0.6 is 0 Å². The highest BCUT2D eigenvalue weighted by atomic mass is 19.3. The number of benzene rings is 2. The third kappa shape index (κ3) is 3.13. The summed E-state index contributed by atoms with van der Waals surface area (Å²) in [6, 6.07) is 7.61. The second kappa shape index (κ2) is 7.47. The number of ether oxygens (including phenoxy) is 4. The van der Waals surface area contributed by atoms with E-state index in [0.29, 0.717) is 5.75 Å². The molecule has 0 aromatic heterocycles. The van der Waals surface area contributed by atoms with Crippen LogP contribution in [0.15, 0.2) is 24.3 Å². The molecule has 1 atom stereocenters. The van der Waals surface area contributed by atoms with E-state index in [1.807, 2.05) is 12.1 Å². The Bertz CT molecular complexity index is 887. The van der Waals surface area contributed by atoms with E-state index in [4.69, 9.17) is 18.9 Å². The van der Waals surface area contributed by atoms with Crippen LogP contribution in [0.5, 0.6) is 23.0 Å². The Kier molecular flexibility index (Phi) is 5.02. The molecule has 0 saturated carbocycles. The molecule has 2 aromatic rings. The third-order valence-electron chi connectivity index (χ3n) is 5.63. The summed E-state index contributed by atoms with van der Waals surface area (Å²) in [6.07, 6.45) is 1.59. The van der Waals surface area contributed by atoms with Crippen molar-refractivity contribution in [3.8, 4) is 23.0 Å². The molecule has 2 aromatic carbocycles. The molecule has 0 spiro atoms. The molecule has 5 nitrogen and oxygen atoms in total. The topological polar surface area (TPSA) is 40.2 Å². The Morgan fingerprint density at radius 2 is 1.75 bits per heavy atom. The molecule has 0 bridgehead atoms. The fourth-order valence-electron chi connectivity index (χ4n) is 4.34. The lowest BCUT2D eigenvalue weighted by Crippen LogP contribution is -2.39. The maximum atomic E-state index is 12.8. The molecule has 0 saturated heterocycles. The number of nitrogens with zero attached hydrogens (tertiary/aromatic N) is 1. The van der Waals surface area contributed by atoms with Crippen LogP contribution in [0.2, 0.25) is 0 Å². The summed E-state index contributed by atoms with van der Waals surface area (Å²) in [5, 5.41) is 0. The van der Waals surface area contributed by atoms with Gasteiger partial charge < -0.3 is 18.9 Å². The van der Waals surface area contributed by atoms with E-state index >= 15 is 0 Å². The van der Waals surface area contributed by atoms with Crippen molar-refractivity contribution in [2.24, 2.45) is 0 Å². The van der Waals surface area contributed by atoms with Crippen LogP contribution in [0.1, 0.15) is 28.3 Å². The smallest absolute Gasteiger partial charge is 0.387 e. The number of fused-ring (bicyclic) bond motifs is 4. The van der Waals surface area contributed by atoms with Gasteiger partial charge in [-0.1, -0.05) is 6.07 Å². The van der Waals surface area contributed by atoms with Gasteiger partial charge in [0, 0.05) is 24.7 Å². The fourth-order valence-corrected chi connectivity index (χ4v) is 4.34. The van der Waals surface area contributed by atoms with Crippen LogP contribution < -0.4 is 18.9 Å². The molecule has 2 aliphatic rings. The molecule has 0 N–H and O–H groups in total. The zero-order valence-electron chi connectivity index (χ0n) is 16.1. The van der Waals surface area contributed by atoms with E-state index in [1.165, 1.54) is 12.7 Å². The molecule has 0 unspecified atom stereocenters. The number of halogens is 2. The van der Waals surface area contributed by atoms with Crippen LogP contribution in [0.25, 0.3) is 0 Å². The molecule has 0 aliphatic carbocycles. The van der Waals surface area contributed by atoms with E-state index in [1.54, 1.807) is 20.3 Å². The summed E-state index contributed by atoms with van der Waals surface area (Å²) in [6.45, 7) is -1.30. The lowest BCUT2D eigenvalue weighted by Gasteiger charge is -2.42. The molecular formula is C21H23F2NO4. The summed E-state index contributed by atoms with van der Waals surface area (Å²) in [5.74, 6) is 1.90. The van der Waals surface area contributed by atoms with Crippen molar-refractivity contribution in [2.45, 2.75) is 32.0 Å². The highest BCUT2D eigenvalue weighted by molar-refractivity contribution is 5.54. The SMILES string of the molecule is COc1cc2c(cc1OC(F)F)[C@@H]1Cc3ccc(OC)c(OC)c3CN1CC2. The van der Waals surface area contributed by atoms with Gasteiger partial charge in [-0.05, 0) is 47.7 Å². The third-order valence-corrected chi connectivity index (χ3v) is 5.63. The first kappa shape index (κ1) is 18.8. The quantitative estimate of drug-likeness (QED) is 0.771. The average molecular weight is 391 g/mol. The van der Waals surface area contributed by atoms with E-state index < -0.39 is 6.61 Å². The monoisotopic (exact) mass is 391 g/mol. The Labute approximate surface area is 162 Å². The summed E-state index contributed by atoms with van der Waals surface area (Å²) >= 11 is 0. The van der Waals surface area contributed by atoms with Gasteiger partial charge in [-0.15, -0.1) is 0 Å². The van der Waals surface area contributed by atoms with Crippen LogP contribution in [-0.2, 0) is 19.4 Å². The molecular weight excluding hydrogens is 368 g/mol. The average Bonchev–Trinajstić information content (AvgIpc) is 2.70. The van der Waals surface area contributed by atoms with Crippen LogP contribution in [0, 0.1) is 0 Å². The van der Waals surface area contributed by atoms with Gasteiger partial charge in [0.2, 0.25) is 0 Å². The summed E-state index contributed by atoms with van der Waals surface area (Å²) in [7, 11) is 4.74. The lowest BCUT2D eigenvalue weighted by molar-refractivity contribution is -0.0513. The Hall–Kier alpha value is -2.54. The van der Waals surface area contributed by atoms with E-state index in [-0.39, 0.29) is 11.8 Å². The first-order chi connectivity index (χ1) is 13.5. The molecule has 4 rings (SSSR count). The largest absolute Gasteiger partial charge is 0.493 e. The molecule has 28 heavy (non-hydrogen) atoms. The predicted molar refractivity (Wildman–Crippen MR) is 99.7 cm³/mol. The molecule has 2 aliphatic heterocycles. The van der Waals surface area contributed by atoms with Gasteiger partial charge in [0.25, 0.3) is 0 Å². The first-order valence-electron chi connectivity index (χ1n) is 9.18. The second-order valence-corrected chi connectivity index (χ2v) is 6.96. The second-order valence-electron chi connectivity index (χ2n) is 6.96. The fraction of sp³-hybridized carbons (Fsp3) is 0.429. The minimum Gasteiger partial charge on any atom is -0.493 e. The number of hydrogen-bond acceptors (Lipinski definition) is 5. The van der Waals surface area contributed by atoms with E-state index in [2.05, 4.69) is 11.0 Å². The summed E-state index contributed by atoms with van der Waals surface area (Å²) in [5.41, 5.74) is 4.43. The zero-order valence-corrected chi connectivity index (χ0v) is 16.1. The van der Waals surface area contributed by atoms with Gasteiger partial charge >= 0.3 is 6.61 Å². The molecule has 150 valence electrons. The number of hydrogen-bond donors (Lipinski definition) is 0. The highest BCUT2D eigenvalue weighted by Crippen LogP contribution is 2.46. The van der Waals surface area contributed by atoms with Gasteiger partial charge in [-0.2, -0.15) is 8.78 Å². The zero-order chi connectivity index (χ0) is 19.8. The van der Waals surface area contributed by atoms with Crippen LogP contribution in [-0.4, -0.2) is 39.4 Å². The molecule has 0 amide bonds. The summed E-state index contributed by atoms with van der Waals surface area (Å²) in [4.78, 5) is 2.35. The summed E-state index contributed by atoms with van der Waals surface area (Å²) < 4.78 is 46.7. The van der Waals surface area contributed by atoms with Gasteiger partial charge in [0.05, 0.1) is 21.3 Å². The van der Waals surface area contributed by atoms with Gasteiger partial charge in [-0.3, -0.25) is 4.90 Å².